The SMILES string of the molecule is CC.CC.CC.CCC.CCCN(CCC)C(c1cnc(C#C[C@](CN2Cc3ccc(OC)cc3C2=O)(NC)C(=O)NC=O)c(OC)c1)N(C)O. The van der Waals surface area contributed by atoms with Crippen molar-refractivity contribution in [2.24, 2.45) is 0 Å². The van der Waals surface area contributed by atoms with Crippen molar-refractivity contribution in [2.45, 2.75) is 107 Å². The largest absolute Gasteiger partial charge is 0.497 e. The third-order valence-corrected chi connectivity index (χ3v) is 7.14. The Balaban J connectivity index is 0. The lowest BCUT2D eigenvalue weighted by molar-refractivity contribution is -0.155. The summed E-state index contributed by atoms with van der Waals surface area (Å²) < 4.78 is 10.9. The summed E-state index contributed by atoms with van der Waals surface area (Å²) in [5, 5.41) is 16.7. The highest BCUT2D eigenvalue weighted by atomic mass is 16.5. The van der Waals surface area contributed by atoms with Gasteiger partial charge in [-0.15, -0.1) is 0 Å². The molecule has 1 aliphatic heterocycles. The third-order valence-electron chi connectivity index (χ3n) is 7.14. The van der Waals surface area contributed by atoms with Gasteiger partial charge in [-0.1, -0.05) is 87.6 Å². The first-order valence-electron chi connectivity index (χ1n) is 18.2. The maximum absolute atomic E-state index is 13.3. The number of hydrogen-bond acceptors (Lipinski definition) is 10. The van der Waals surface area contributed by atoms with Crippen LogP contribution in [0.1, 0.15) is 122 Å². The predicted octanol–water partition coefficient (Wildman–Crippen LogP) is 6.27. The Morgan fingerprint density at radius 3 is 2.12 bits per heavy atom. The van der Waals surface area contributed by atoms with Crippen LogP contribution in [0.2, 0.25) is 0 Å². The standard InChI is InChI=1S/C30H40N6O6.C3H8.3C2H6/c1-7-13-35(14-8-2)27(34(4)40)22-15-26(42-6)25(32-17-22)11-12-30(31-3,29(39)33-20-37)19-36-18-21-9-10-23(41-5)16-24(21)28(36)38;1-3-2;3*1-2/h9-10,15-17,20,27,31,40H,7-8,13-14,18-19H2,1-6H3,(H,33,37,39);3H2,1-2H3;3*1-2H3/t27?,30-;;;;/m1..../s1. The Morgan fingerprint density at radius 2 is 1.65 bits per heavy atom. The summed E-state index contributed by atoms with van der Waals surface area (Å²) in [6.45, 7) is 22.1. The molecule has 0 fully saturated rings. The summed E-state index contributed by atoms with van der Waals surface area (Å²) in [4.78, 5) is 45.8. The molecule has 0 bridgehead atoms. The van der Waals surface area contributed by atoms with E-state index in [0.717, 1.165) is 36.6 Å². The zero-order chi connectivity index (χ0) is 39.6. The van der Waals surface area contributed by atoms with Crippen molar-refractivity contribution in [3.8, 4) is 23.3 Å². The molecule has 288 valence electrons. The molecule has 12 heteroatoms. The molecule has 2 atom stereocenters. The Morgan fingerprint density at radius 1 is 1.06 bits per heavy atom. The fourth-order valence-corrected chi connectivity index (χ4v) is 5.09. The number of methoxy groups -OCH3 is 2. The number of hydroxylamine groups is 2. The van der Waals surface area contributed by atoms with Crippen LogP contribution in [-0.2, 0) is 16.1 Å². The van der Waals surface area contributed by atoms with Gasteiger partial charge in [0.25, 0.3) is 11.8 Å². The van der Waals surface area contributed by atoms with Crippen LogP contribution < -0.4 is 20.1 Å². The second-order valence-electron chi connectivity index (χ2n) is 10.7. The van der Waals surface area contributed by atoms with E-state index >= 15 is 0 Å². The van der Waals surface area contributed by atoms with Gasteiger partial charge >= 0.3 is 0 Å². The molecule has 12 nitrogen and oxygen atoms in total. The van der Waals surface area contributed by atoms with E-state index in [1.54, 1.807) is 37.5 Å². The van der Waals surface area contributed by atoms with Gasteiger partial charge in [0.05, 0.1) is 20.8 Å². The number of carbonyl (C=O) groups excluding carboxylic acids is 3. The van der Waals surface area contributed by atoms with Crippen LogP contribution in [0, 0.1) is 11.8 Å². The second-order valence-corrected chi connectivity index (χ2v) is 10.7. The molecule has 0 aliphatic carbocycles. The highest BCUT2D eigenvalue weighted by Crippen LogP contribution is 2.29. The maximum atomic E-state index is 13.3. The number of nitrogens with one attached hydrogen (secondary N) is 2. The highest BCUT2D eigenvalue weighted by molar-refractivity contribution is 6.01. The monoisotopic (exact) mass is 715 g/mol. The van der Waals surface area contributed by atoms with Crippen molar-refractivity contribution in [3.05, 3.63) is 52.8 Å². The molecule has 2 aromatic rings. The van der Waals surface area contributed by atoms with E-state index in [2.05, 4.69) is 60.1 Å². The van der Waals surface area contributed by atoms with Gasteiger partial charge in [-0.2, -0.15) is 5.06 Å². The van der Waals surface area contributed by atoms with Crippen molar-refractivity contribution < 1.29 is 29.1 Å². The molecule has 51 heavy (non-hydrogen) atoms. The van der Waals surface area contributed by atoms with Gasteiger partial charge in [0.1, 0.15) is 11.9 Å². The van der Waals surface area contributed by atoms with Crippen LogP contribution in [0.3, 0.4) is 0 Å². The maximum Gasteiger partial charge on any atom is 0.260 e. The lowest BCUT2D eigenvalue weighted by atomic mass is 9.97. The molecular weight excluding hydrogens is 648 g/mol. The molecule has 3 N–H and O–H groups in total. The van der Waals surface area contributed by atoms with E-state index < -0.39 is 17.6 Å². The first kappa shape index (κ1) is 49.1. The van der Waals surface area contributed by atoms with E-state index in [0.29, 0.717) is 22.6 Å². The van der Waals surface area contributed by atoms with E-state index in [9.17, 15) is 19.6 Å². The number of carbonyl (C=O) groups is 3. The summed E-state index contributed by atoms with van der Waals surface area (Å²) in [5.41, 5.74) is 0.569. The first-order chi connectivity index (χ1) is 24.6. The average molecular weight is 715 g/mol. The normalized spacial score (nSPS) is 12.7. The van der Waals surface area contributed by atoms with Gasteiger partial charge in [0.2, 0.25) is 6.41 Å². The molecule has 2 heterocycles. The minimum atomic E-state index is -1.65. The summed E-state index contributed by atoms with van der Waals surface area (Å²) in [6.07, 6.45) is 4.50. The number of rotatable bonds is 14. The lowest BCUT2D eigenvalue weighted by Gasteiger charge is -2.34. The number of imide groups is 1. The zero-order valence-electron chi connectivity index (χ0n) is 33.8. The zero-order valence-corrected chi connectivity index (χ0v) is 33.8. The Labute approximate surface area is 308 Å². The molecule has 0 spiro atoms. The fourth-order valence-electron chi connectivity index (χ4n) is 5.09. The minimum Gasteiger partial charge on any atom is -0.497 e. The van der Waals surface area contributed by atoms with Crippen LogP contribution in [0.4, 0.5) is 0 Å². The van der Waals surface area contributed by atoms with Gasteiger partial charge in [-0.05, 0) is 62.7 Å². The van der Waals surface area contributed by atoms with Gasteiger partial charge in [0, 0.05) is 30.9 Å². The van der Waals surface area contributed by atoms with Crippen molar-refractivity contribution in [2.75, 3.05) is 47.9 Å². The van der Waals surface area contributed by atoms with Crippen molar-refractivity contribution in [3.63, 3.8) is 0 Å². The summed E-state index contributed by atoms with van der Waals surface area (Å²) in [5.74, 6) is 5.74. The number of pyridine rings is 1. The Hall–Kier alpha value is -4.02. The van der Waals surface area contributed by atoms with Crippen molar-refractivity contribution in [1.82, 2.24) is 30.5 Å². The average Bonchev–Trinajstić information content (AvgIpc) is 3.46. The fraction of sp³-hybridized carbons (Fsp3) is 0.590. The molecule has 0 saturated carbocycles. The van der Waals surface area contributed by atoms with Crippen LogP contribution in [0.25, 0.3) is 0 Å². The van der Waals surface area contributed by atoms with Crippen molar-refractivity contribution >= 4 is 18.2 Å². The third kappa shape index (κ3) is 14.3. The first-order valence-corrected chi connectivity index (χ1v) is 18.2. The smallest absolute Gasteiger partial charge is 0.260 e. The summed E-state index contributed by atoms with van der Waals surface area (Å²) in [7, 11) is 6.12. The Bertz CT molecular complexity index is 1350. The van der Waals surface area contributed by atoms with Crippen molar-refractivity contribution in [1.29, 1.82) is 0 Å². The number of benzene rings is 1. The predicted molar refractivity (Wildman–Crippen MR) is 206 cm³/mol. The molecule has 0 saturated heterocycles. The number of aromatic nitrogens is 1. The second kappa shape index (κ2) is 27.7. The summed E-state index contributed by atoms with van der Waals surface area (Å²) in [6, 6.07) is 6.99. The molecule has 3 amide bonds. The molecular formula is C39H66N6O6. The van der Waals surface area contributed by atoms with Gasteiger partial charge < -0.3 is 19.6 Å². The van der Waals surface area contributed by atoms with E-state index in [-0.39, 0.29) is 31.1 Å². The minimum absolute atomic E-state index is 0.146. The van der Waals surface area contributed by atoms with E-state index in [1.165, 1.54) is 32.6 Å². The number of likely N-dealkylation sites (N-methyl/N-ethyl adjacent to an activating group) is 1. The molecule has 1 aromatic heterocycles. The van der Waals surface area contributed by atoms with E-state index in [4.69, 9.17) is 9.47 Å². The number of amides is 3. The topological polar surface area (TPSA) is 137 Å². The Kier molecular flexibility index (Phi) is 26.6. The number of nitrogens with zero attached hydrogens (tertiary/aromatic N) is 4. The number of fused-ring (bicyclic) bond motifs is 1. The number of ether oxygens (including phenoxy) is 2. The lowest BCUT2D eigenvalue weighted by Crippen LogP contribution is -2.60. The molecule has 1 aromatic carbocycles. The molecule has 1 aliphatic rings. The molecule has 3 rings (SSSR count). The van der Waals surface area contributed by atoms with Crippen LogP contribution in [0.5, 0.6) is 11.5 Å². The van der Waals surface area contributed by atoms with Gasteiger partial charge in [-0.3, -0.25) is 29.9 Å². The molecule has 1 unspecified atom stereocenters. The number of hydrogen-bond donors (Lipinski definition) is 3. The van der Waals surface area contributed by atoms with Crippen LogP contribution in [0.15, 0.2) is 30.5 Å². The van der Waals surface area contributed by atoms with Crippen LogP contribution in [-0.4, -0.2) is 96.8 Å². The van der Waals surface area contributed by atoms with E-state index in [1.807, 2.05) is 41.5 Å². The molecule has 0 radical (unpaired) electrons. The van der Waals surface area contributed by atoms with Gasteiger partial charge in [0.15, 0.2) is 17.0 Å². The van der Waals surface area contributed by atoms with Gasteiger partial charge in [-0.25, -0.2) is 4.98 Å². The quantitative estimate of drug-likeness (QED) is 0.0889. The van der Waals surface area contributed by atoms with Crippen LogP contribution >= 0.6 is 0 Å². The summed E-state index contributed by atoms with van der Waals surface area (Å²) >= 11 is 0. The highest BCUT2D eigenvalue weighted by Gasteiger charge is 2.41.